The maximum absolute atomic E-state index is 12.5. The summed E-state index contributed by atoms with van der Waals surface area (Å²) in [4.78, 5) is 14.6. The maximum atomic E-state index is 12.5. The molecule has 21 heavy (non-hydrogen) atoms. The fourth-order valence-electron chi connectivity index (χ4n) is 3.80. The zero-order valence-electron chi connectivity index (χ0n) is 12.9. The summed E-state index contributed by atoms with van der Waals surface area (Å²) in [5, 5.41) is 3.43. The lowest BCUT2D eigenvalue weighted by Gasteiger charge is -2.26. The van der Waals surface area contributed by atoms with Gasteiger partial charge in [-0.3, -0.25) is 4.79 Å². The summed E-state index contributed by atoms with van der Waals surface area (Å²) in [6.45, 7) is 4.23. The molecule has 2 aliphatic rings. The highest BCUT2D eigenvalue weighted by molar-refractivity contribution is 5.77. The minimum absolute atomic E-state index is 0.345. The van der Waals surface area contributed by atoms with E-state index in [2.05, 4.69) is 47.5 Å². The fraction of sp³-hybridized carbons (Fsp3) is 0.611. The van der Waals surface area contributed by atoms with Gasteiger partial charge in [0.15, 0.2) is 0 Å². The molecule has 1 amide bonds. The van der Waals surface area contributed by atoms with Gasteiger partial charge in [0.1, 0.15) is 0 Å². The van der Waals surface area contributed by atoms with Gasteiger partial charge in [-0.1, -0.05) is 30.3 Å². The van der Waals surface area contributed by atoms with Crippen molar-refractivity contribution in [1.29, 1.82) is 0 Å². The van der Waals surface area contributed by atoms with Crippen LogP contribution in [0, 0.1) is 5.92 Å². The predicted molar refractivity (Wildman–Crippen MR) is 85.1 cm³/mol. The standard InChI is InChI=1S/C18H26N2O/c1-14-16(12-15-6-3-2-4-7-15)9-11-20(14)18(21)13-17-8-5-10-19-17/h2-4,6-7,14,16-17,19H,5,8-13H2,1H3. The van der Waals surface area contributed by atoms with Gasteiger partial charge in [0.25, 0.3) is 0 Å². The second-order valence-corrected chi connectivity index (χ2v) is 6.56. The summed E-state index contributed by atoms with van der Waals surface area (Å²) in [5.74, 6) is 0.949. The van der Waals surface area contributed by atoms with Crippen LogP contribution >= 0.6 is 0 Å². The van der Waals surface area contributed by atoms with Crippen LogP contribution in [-0.2, 0) is 11.2 Å². The van der Waals surface area contributed by atoms with Crippen LogP contribution in [0.2, 0.25) is 0 Å². The monoisotopic (exact) mass is 286 g/mol. The molecule has 2 aliphatic heterocycles. The Morgan fingerprint density at radius 3 is 2.81 bits per heavy atom. The van der Waals surface area contributed by atoms with Crippen molar-refractivity contribution >= 4 is 5.91 Å². The molecule has 1 aromatic rings. The van der Waals surface area contributed by atoms with Gasteiger partial charge in [-0.25, -0.2) is 0 Å². The summed E-state index contributed by atoms with van der Waals surface area (Å²) in [6.07, 6.45) is 5.28. The summed E-state index contributed by atoms with van der Waals surface area (Å²) in [6, 6.07) is 11.4. The molecule has 3 atom stereocenters. The second-order valence-electron chi connectivity index (χ2n) is 6.56. The molecule has 0 bridgehead atoms. The van der Waals surface area contributed by atoms with Crippen molar-refractivity contribution < 1.29 is 4.79 Å². The average molecular weight is 286 g/mol. The van der Waals surface area contributed by atoms with E-state index in [4.69, 9.17) is 0 Å². The Labute approximate surface area is 127 Å². The molecule has 0 aromatic heterocycles. The van der Waals surface area contributed by atoms with Gasteiger partial charge in [-0.15, -0.1) is 0 Å². The average Bonchev–Trinajstić information content (AvgIpc) is 3.11. The number of likely N-dealkylation sites (tertiary alicyclic amines) is 1. The first-order chi connectivity index (χ1) is 10.2. The lowest BCUT2D eigenvalue weighted by Crippen LogP contribution is -2.39. The molecule has 0 radical (unpaired) electrons. The van der Waals surface area contributed by atoms with Gasteiger partial charge in [-0.05, 0) is 50.6 Å². The zero-order chi connectivity index (χ0) is 14.7. The third-order valence-corrected chi connectivity index (χ3v) is 5.16. The van der Waals surface area contributed by atoms with Gasteiger partial charge in [0, 0.05) is 25.0 Å². The Kier molecular flexibility index (Phi) is 4.59. The van der Waals surface area contributed by atoms with E-state index in [0.717, 1.165) is 32.4 Å². The lowest BCUT2D eigenvalue weighted by atomic mass is 9.93. The van der Waals surface area contributed by atoms with E-state index in [1.165, 1.54) is 12.0 Å². The molecule has 3 unspecified atom stereocenters. The molecular weight excluding hydrogens is 260 g/mol. The zero-order valence-corrected chi connectivity index (χ0v) is 12.9. The van der Waals surface area contributed by atoms with E-state index < -0.39 is 0 Å². The fourth-order valence-corrected chi connectivity index (χ4v) is 3.80. The van der Waals surface area contributed by atoms with E-state index in [9.17, 15) is 4.79 Å². The first-order valence-corrected chi connectivity index (χ1v) is 8.31. The SMILES string of the molecule is CC1C(Cc2ccccc2)CCN1C(=O)CC1CCCN1. The van der Waals surface area contributed by atoms with Crippen LogP contribution in [-0.4, -0.2) is 36.0 Å². The van der Waals surface area contributed by atoms with Crippen molar-refractivity contribution in [3.05, 3.63) is 35.9 Å². The minimum Gasteiger partial charge on any atom is -0.340 e. The molecule has 2 fully saturated rings. The Hall–Kier alpha value is -1.35. The Balaban J connectivity index is 1.55. The molecule has 114 valence electrons. The molecule has 0 spiro atoms. The topological polar surface area (TPSA) is 32.3 Å². The number of carbonyl (C=O) groups is 1. The lowest BCUT2D eigenvalue weighted by molar-refractivity contribution is -0.132. The predicted octanol–water partition coefficient (Wildman–Crippen LogP) is 2.61. The summed E-state index contributed by atoms with van der Waals surface area (Å²) in [7, 11) is 0. The Morgan fingerprint density at radius 1 is 1.29 bits per heavy atom. The number of nitrogens with zero attached hydrogens (tertiary/aromatic N) is 1. The molecule has 1 aromatic carbocycles. The number of nitrogens with one attached hydrogen (secondary N) is 1. The van der Waals surface area contributed by atoms with Crippen LogP contribution < -0.4 is 5.32 Å². The molecule has 0 aliphatic carbocycles. The summed E-state index contributed by atoms with van der Waals surface area (Å²) < 4.78 is 0. The van der Waals surface area contributed by atoms with Gasteiger partial charge in [0.05, 0.1) is 0 Å². The third-order valence-electron chi connectivity index (χ3n) is 5.16. The van der Waals surface area contributed by atoms with Crippen LogP contribution in [0.5, 0.6) is 0 Å². The van der Waals surface area contributed by atoms with Gasteiger partial charge in [-0.2, -0.15) is 0 Å². The highest BCUT2D eigenvalue weighted by Gasteiger charge is 2.34. The largest absolute Gasteiger partial charge is 0.340 e. The molecule has 2 heterocycles. The van der Waals surface area contributed by atoms with Crippen LogP contribution in [0.25, 0.3) is 0 Å². The molecule has 3 rings (SSSR count). The quantitative estimate of drug-likeness (QED) is 0.923. The highest BCUT2D eigenvalue weighted by Crippen LogP contribution is 2.28. The minimum atomic E-state index is 0.345. The first-order valence-electron chi connectivity index (χ1n) is 8.31. The van der Waals surface area contributed by atoms with Crippen LogP contribution in [0.1, 0.15) is 38.2 Å². The van der Waals surface area contributed by atoms with Crippen molar-refractivity contribution in [3.8, 4) is 0 Å². The number of amides is 1. The van der Waals surface area contributed by atoms with Crippen molar-refractivity contribution in [2.75, 3.05) is 13.1 Å². The highest BCUT2D eigenvalue weighted by atomic mass is 16.2. The molecule has 3 nitrogen and oxygen atoms in total. The van der Waals surface area contributed by atoms with E-state index in [0.29, 0.717) is 30.3 Å². The van der Waals surface area contributed by atoms with E-state index in [1.54, 1.807) is 0 Å². The number of rotatable bonds is 4. The number of hydrogen-bond acceptors (Lipinski definition) is 2. The number of carbonyl (C=O) groups excluding carboxylic acids is 1. The van der Waals surface area contributed by atoms with Crippen molar-refractivity contribution in [3.63, 3.8) is 0 Å². The summed E-state index contributed by atoms with van der Waals surface area (Å²) >= 11 is 0. The van der Waals surface area contributed by atoms with E-state index in [1.807, 2.05) is 0 Å². The maximum Gasteiger partial charge on any atom is 0.224 e. The molecular formula is C18H26N2O. The van der Waals surface area contributed by atoms with Crippen LogP contribution in [0.4, 0.5) is 0 Å². The number of benzene rings is 1. The summed E-state index contributed by atoms with van der Waals surface area (Å²) in [5.41, 5.74) is 1.39. The van der Waals surface area contributed by atoms with Crippen LogP contribution in [0.15, 0.2) is 30.3 Å². The van der Waals surface area contributed by atoms with Crippen molar-refractivity contribution in [2.24, 2.45) is 5.92 Å². The molecule has 2 saturated heterocycles. The third kappa shape index (κ3) is 3.46. The normalized spacial score (nSPS) is 29.0. The van der Waals surface area contributed by atoms with Crippen molar-refractivity contribution in [1.82, 2.24) is 10.2 Å². The van der Waals surface area contributed by atoms with E-state index in [-0.39, 0.29) is 0 Å². The molecule has 1 N–H and O–H groups in total. The van der Waals surface area contributed by atoms with E-state index >= 15 is 0 Å². The Bertz CT molecular complexity index is 467. The van der Waals surface area contributed by atoms with Gasteiger partial charge < -0.3 is 10.2 Å². The first kappa shape index (κ1) is 14.6. The van der Waals surface area contributed by atoms with Crippen molar-refractivity contribution in [2.45, 2.75) is 51.1 Å². The molecule has 3 heteroatoms. The molecule has 0 saturated carbocycles. The second kappa shape index (κ2) is 6.61. The van der Waals surface area contributed by atoms with Gasteiger partial charge >= 0.3 is 0 Å². The van der Waals surface area contributed by atoms with Gasteiger partial charge in [0.2, 0.25) is 5.91 Å². The Morgan fingerprint density at radius 2 is 2.10 bits per heavy atom. The van der Waals surface area contributed by atoms with Crippen LogP contribution in [0.3, 0.4) is 0 Å². The smallest absolute Gasteiger partial charge is 0.224 e. The number of hydrogen-bond donors (Lipinski definition) is 1.